The second-order valence-corrected chi connectivity index (χ2v) is 6.95. The number of hydrogen-bond acceptors (Lipinski definition) is 2. The Morgan fingerprint density at radius 3 is 2.73 bits per heavy atom. The monoisotopic (exact) mass is 348 g/mol. The predicted molar refractivity (Wildman–Crippen MR) is 109 cm³/mol. The number of nitrogens with one attached hydrogen (secondary N) is 1. The summed E-state index contributed by atoms with van der Waals surface area (Å²) in [5, 5.41) is 3.00. The summed E-state index contributed by atoms with van der Waals surface area (Å²) in [6.45, 7) is 3.23. The highest BCUT2D eigenvalue weighted by Gasteiger charge is 2.22. The Hall–Kier alpha value is -2.39. The number of rotatable bonds is 5. The van der Waals surface area contributed by atoms with Crippen LogP contribution in [0.3, 0.4) is 0 Å². The summed E-state index contributed by atoms with van der Waals surface area (Å²) in [4.78, 5) is 14.8. The fourth-order valence-electron chi connectivity index (χ4n) is 3.72. The smallest absolute Gasteiger partial charge is 0.248 e. The number of carbonyl (C=O) groups is 1. The quantitative estimate of drug-likeness (QED) is 0.766. The number of nitrogens with zero attached hydrogens (tertiary/aromatic N) is 1. The highest BCUT2D eigenvalue weighted by Crippen LogP contribution is 2.32. The Labute approximate surface area is 156 Å². The van der Waals surface area contributed by atoms with Gasteiger partial charge in [-0.3, -0.25) is 9.69 Å². The van der Waals surface area contributed by atoms with Gasteiger partial charge < -0.3 is 5.32 Å². The molecule has 0 saturated carbocycles. The number of hydrogen-bond donors (Lipinski definition) is 1. The molecule has 0 unspecified atom stereocenters. The van der Waals surface area contributed by atoms with Gasteiger partial charge in [-0.25, -0.2) is 0 Å². The van der Waals surface area contributed by atoms with Gasteiger partial charge in [-0.15, -0.1) is 0 Å². The predicted octanol–water partition coefficient (Wildman–Crippen LogP) is 5.06. The van der Waals surface area contributed by atoms with Gasteiger partial charge in [0.25, 0.3) is 0 Å². The third-order valence-electron chi connectivity index (χ3n) is 5.20. The number of anilines is 1. The van der Waals surface area contributed by atoms with E-state index in [2.05, 4.69) is 42.4 Å². The number of piperidine rings is 1. The second-order valence-electron chi connectivity index (χ2n) is 6.95. The molecule has 2 aromatic carbocycles. The molecule has 0 radical (unpaired) electrons. The van der Waals surface area contributed by atoms with Crippen LogP contribution in [-0.4, -0.2) is 24.4 Å². The molecule has 0 aliphatic carbocycles. The molecule has 136 valence electrons. The van der Waals surface area contributed by atoms with Crippen molar-refractivity contribution in [1.29, 1.82) is 0 Å². The van der Waals surface area contributed by atoms with Crippen LogP contribution >= 0.6 is 0 Å². The lowest BCUT2D eigenvalue weighted by Gasteiger charge is -2.33. The number of aryl methyl sites for hydroxylation is 1. The molecule has 1 atom stereocenters. The minimum Gasteiger partial charge on any atom is -0.322 e. The molecule has 0 bridgehead atoms. The number of benzene rings is 2. The van der Waals surface area contributed by atoms with E-state index in [-0.39, 0.29) is 5.91 Å². The molecular weight excluding hydrogens is 320 g/mol. The van der Waals surface area contributed by atoms with Gasteiger partial charge >= 0.3 is 0 Å². The van der Waals surface area contributed by atoms with Crippen LogP contribution in [0.2, 0.25) is 0 Å². The molecule has 1 saturated heterocycles. The summed E-state index contributed by atoms with van der Waals surface area (Å²) in [7, 11) is 2.19. The summed E-state index contributed by atoms with van der Waals surface area (Å²) in [6.07, 6.45) is 8.20. The van der Waals surface area contributed by atoms with Crippen LogP contribution in [-0.2, 0) is 11.2 Å². The van der Waals surface area contributed by atoms with Gasteiger partial charge in [0.15, 0.2) is 0 Å². The topological polar surface area (TPSA) is 32.3 Å². The first-order valence-corrected chi connectivity index (χ1v) is 9.55. The van der Waals surface area contributed by atoms with Crippen molar-refractivity contribution in [2.45, 2.75) is 38.6 Å². The zero-order valence-corrected chi connectivity index (χ0v) is 15.7. The number of likely N-dealkylation sites (tertiary alicyclic amines) is 1. The van der Waals surface area contributed by atoms with Crippen molar-refractivity contribution in [2.24, 2.45) is 0 Å². The van der Waals surface area contributed by atoms with Gasteiger partial charge in [-0.2, -0.15) is 0 Å². The number of para-hydroxylation sites is 1. The first kappa shape index (κ1) is 18.4. The zero-order valence-electron chi connectivity index (χ0n) is 15.7. The summed E-state index contributed by atoms with van der Waals surface area (Å²) in [5.41, 5.74) is 4.49. The number of carbonyl (C=O) groups excluding carboxylic acids is 1. The molecule has 1 aliphatic rings. The summed E-state index contributed by atoms with van der Waals surface area (Å²) < 4.78 is 0. The van der Waals surface area contributed by atoms with Crippen molar-refractivity contribution in [3.8, 4) is 0 Å². The summed E-state index contributed by atoms with van der Waals surface area (Å²) >= 11 is 0. The van der Waals surface area contributed by atoms with Gasteiger partial charge in [0.05, 0.1) is 0 Å². The Morgan fingerprint density at radius 1 is 1.15 bits per heavy atom. The van der Waals surface area contributed by atoms with Crippen molar-refractivity contribution in [3.63, 3.8) is 0 Å². The van der Waals surface area contributed by atoms with Crippen LogP contribution in [0.15, 0.2) is 54.6 Å². The van der Waals surface area contributed by atoms with E-state index < -0.39 is 0 Å². The Morgan fingerprint density at radius 2 is 1.92 bits per heavy atom. The third-order valence-corrected chi connectivity index (χ3v) is 5.20. The maximum absolute atomic E-state index is 12.4. The van der Waals surface area contributed by atoms with Gasteiger partial charge in [0.2, 0.25) is 5.91 Å². The van der Waals surface area contributed by atoms with E-state index in [4.69, 9.17) is 0 Å². The van der Waals surface area contributed by atoms with Crippen LogP contribution in [0.1, 0.15) is 48.9 Å². The van der Waals surface area contributed by atoms with Crippen LogP contribution in [0.25, 0.3) is 6.08 Å². The van der Waals surface area contributed by atoms with E-state index in [1.165, 1.54) is 24.8 Å². The molecule has 0 spiro atoms. The molecule has 1 heterocycles. The molecule has 2 aromatic rings. The molecule has 0 aromatic heterocycles. The minimum atomic E-state index is -0.0855. The first-order valence-electron chi connectivity index (χ1n) is 9.55. The van der Waals surface area contributed by atoms with E-state index in [1.54, 1.807) is 6.08 Å². The molecule has 1 fully saturated rings. The highest BCUT2D eigenvalue weighted by molar-refractivity contribution is 6.02. The molecule has 1 N–H and O–H groups in total. The lowest BCUT2D eigenvalue weighted by atomic mass is 9.92. The van der Waals surface area contributed by atoms with Crippen molar-refractivity contribution >= 4 is 17.7 Å². The average Bonchev–Trinajstić information content (AvgIpc) is 2.67. The van der Waals surface area contributed by atoms with E-state index in [0.29, 0.717) is 6.04 Å². The van der Waals surface area contributed by atoms with Crippen LogP contribution in [0.4, 0.5) is 5.69 Å². The minimum absolute atomic E-state index is 0.0855. The standard InChI is InChI=1S/C23H28N2O/c1-3-18-10-5-7-13-21(18)24-23(26)16-15-19-11-4-6-12-20(19)22-14-8-9-17-25(22)2/h4-7,10-13,15-16,22H,3,8-9,14,17H2,1-2H3,(H,24,26)/t22-/m0/s1. The normalized spacial score (nSPS) is 18.2. The molecule has 3 heteroatoms. The van der Waals surface area contributed by atoms with Crippen molar-refractivity contribution in [2.75, 3.05) is 18.9 Å². The fraction of sp³-hybridized carbons (Fsp3) is 0.348. The molecule has 3 nitrogen and oxygen atoms in total. The van der Waals surface area contributed by atoms with Crippen LogP contribution in [0, 0.1) is 0 Å². The second kappa shape index (κ2) is 8.81. The Bertz CT molecular complexity index is 781. The lowest BCUT2D eigenvalue weighted by Crippen LogP contribution is -2.30. The van der Waals surface area contributed by atoms with E-state index >= 15 is 0 Å². The Kier molecular flexibility index (Phi) is 6.24. The van der Waals surface area contributed by atoms with Crippen LogP contribution in [0.5, 0.6) is 0 Å². The van der Waals surface area contributed by atoms with Gasteiger partial charge in [0, 0.05) is 17.8 Å². The van der Waals surface area contributed by atoms with Gasteiger partial charge in [0.1, 0.15) is 0 Å². The third kappa shape index (κ3) is 4.41. The largest absolute Gasteiger partial charge is 0.322 e. The van der Waals surface area contributed by atoms with Crippen molar-refractivity contribution in [3.05, 3.63) is 71.3 Å². The van der Waals surface area contributed by atoms with Gasteiger partial charge in [-0.1, -0.05) is 55.8 Å². The van der Waals surface area contributed by atoms with Crippen LogP contribution < -0.4 is 5.32 Å². The maximum atomic E-state index is 12.4. The fourth-order valence-corrected chi connectivity index (χ4v) is 3.72. The lowest BCUT2D eigenvalue weighted by molar-refractivity contribution is -0.111. The SMILES string of the molecule is CCc1ccccc1NC(=O)C=Cc1ccccc1[C@@H]1CCCCN1C. The first-order chi connectivity index (χ1) is 12.7. The molecular formula is C23H28N2O. The summed E-state index contributed by atoms with van der Waals surface area (Å²) in [5.74, 6) is -0.0855. The van der Waals surface area contributed by atoms with E-state index in [1.807, 2.05) is 36.4 Å². The average molecular weight is 348 g/mol. The molecule has 26 heavy (non-hydrogen) atoms. The van der Waals surface area contributed by atoms with Gasteiger partial charge in [-0.05, 0) is 61.7 Å². The molecule has 3 rings (SSSR count). The summed E-state index contributed by atoms with van der Waals surface area (Å²) in [6, 6.07) is 16.8. The number of amides is 1. The molecule has 1 aliphatic heterocycles. The molecule has 1 amide bonds. The van der Waals surface area contributed by atoms with Crippen molar-refractivity contribution < 1.29 is 4.79 Å². The highest BCUT2D eigenvalue weighted by atomic mass is 16.1. The maximum Gasteiger partial charge on any atom is 0.248 e. The Balaban J connectivity index is 1.75. The van der Waals surface area contributed by atoms with E-state index in [9.17, 15) is 4.79 Å². The zero-order chi connectivity index (χ0) is 18.4. The van der Waals surface area contributed by atoms with Crippen molar-refractivity contribution in [1.82, 2.24) is 4.90 Å². The van der Waals surface area contributed by atoms with E-state index in [0.717, 1.165) is 29.8 Å².